The van der Waals surface area contributed by atoms with Gasteiger partial charge in [0.25, 0.3) is 0 Å². The van der Waals surface area contributed by atoms with Crippen LogP contribution in [-0.2, 0) is 5.41 Å². The fraction of sp³-hybridized carbons (Fsp3) is 0.0411. The van der Waals surface area contributed by atoms with E-state index in [1.807, 2.05) is 24.3 Å². The van der Waals surface area contributed by atoms with Crippen LogP contribution in [-0.4, -0.2) is 4.57 Å². The van der Waals surface area contributed by atoms with Gasteiger partial charge >= 0.3 is 0 Å². The van der Waals surface area contributed by atoms with Crippen molar-refractivity contribution in [3.8, 4) is 39.1 Å². The fourth-order valence-corrected chi connectivity index (χ4v) is 12.5. The molecular formula is C73H52N2O. The maximum atomic E-state index is 6.59. The van der Waals surface area contributed by atoms with Crippen LogP contribution in [0.2, 0.25) is 0 Å². The highest BCUT2D eigenvalue weighted by molar-refractivity contribution is 6.12. The molecule has 0 saturated heterocycles. The number of aromatic nitrogens is 1. The molecule has 3 nitrogen and oxygen atoms in total. The second kappa shape index (κ2) is 18.1. The summed E-state index contributed by atoms with van der Waals surface area (Å²) in [5.41, 5.74) is 22.2. The SMILES string of the molecule is C=Cc1ccc(-c2ccc3c(c2)c2cc(-c4ccc(N(c5ccc6c(c5)C(c5ccc(C=C)cc5)(C5C=CC=CC5)c5ccccc5-6)c5ccc6c(c5)oc5ccccc56)cc4)ccc2n3-c2ccc(C=C)cc2)cc1. The Kier molecular flexibility index (Phi) is 10.7. The molecule has 2 atom stereocenters. The maximum absolute atomic E-state index is 6.59. The van der Waals surface area contributed by atoms with E-state index in [-0.39, 0.29) is 5.92 Å². The number of hydrogen-bond acceptors (Lipinski definition) is 2. The van der Waals surface area contributed by atoms with Crippen molar-refractivity contribution in [2.24, 2.45) is 5.92 Å². The van der Waals surface area contributed by atoms with Crippen LogP contribution in [0, 0.1) is 5.92 Å². The van der Waals surface area contributed by atoms with E-state index in [1.165, 1.54) is 49.7 Å². The van der Waals surface area contributed by atoms with Crippen molar-refractivity contribution in [2.45, 2.75) is 11.8 Å². The first kappa shape index (κ1) is 45.0. The molecule has 2 aliphatic carbocycles. The molecule has 0 saturated carbocycles. The van der Waals surface area contributed by atoms with Crippen LogP contribution in [0.1, 0.15) is 39.8 Å². The number of nitrogens with zero attached hydrogens (tertiary/aromatic N) is 2. The predicted octanol–water partition coefficient (Wildman–Crippen LogP) is 19.9. The third-order valence-corrected chi connectivity index (χ3v) is 16.2. The first-order valence-electron chi connectivity index (χ1n) is 26.2. The number of para-hydroxylation sites is 1. The summed E-state index contributed by atoms with van der Waals surface area (Å²) < 4.78 is 8.97. The van der Waals surface area contributed by atoms with Crippen LogP contribution in [0.25, 0.3) is 101 Å². The van der Waals surface area contributed by atoms with E-state index in [2.05, 4.69) is 266 Å². The minimum absolute atomic E-state index is 0.184. The second-order valence-electron chi connectivity index (χ2n) is 20.1. The van der Waals surface area contributed by atoms with Gasteiger partial charge in [0, 0.05) is 50.4 Å². The highest BCUT2D eigenvalue weighted by Gasteiger charge is 2.49. The molecule has 12 aromatic rings. The largest absolute Gasteiger partial charge is 0.456 e. The lowest BCUT2D eigenvalue weighted by Crippen LogP contribution is -2.35. The van der Waals surface area contributed by atoms with E-state index in [0.717, 1.165) is 90.0 Å². The zero-order chi connectivity index (χ0) is 50.9. The first-order valence-corrected chi connectivity index (χ1v) is 26.2. The van der Waals surface area contributed by atoms with E-state index in [0.29, 0.717) is 0 Å². The summed E-state index contributed by atoms with van der Waals surface area (Å²) in [7, 11) is 0. The van der Waals surface area contributed by atoms with Crippen molar-refractivity contribution in [1.82, 2.24) is 4.57 Å². The highest BCUT2D eigenvalue weighted by Crippen LogP contribution is 2.59. The van der Waals surface area contributed by atoms with Crippen LogP contribution in [0.4, 0.5) is 17.1 Å². The molecule has 10 aromatic carbocycles. The predicted molar refractivity (Wildman–Crippen MR) is 322 cm³/mol. The zero-order valence-corrected chi connectivity index (χ0v) is 42.0. The molecule has 0 spiro atoms. The van der Waals surface area contributed by atoms with Gasteiger partial charge in [-0.1, -0.05) is 196 Å². The lowest BCUT2D eigenvalue weighted by Gasteiger charge is -2.40. The van der Waals surface area contributed by atoms with Gasteiger partial charge in [-0.15, -0.1) is 0 Å². The smallest absolute Gasteiger partial charge is 0.137 e. The van der Waals surface area contributed by atoms with Gasteiger partial charge in [0.15, 0.2) is 0 Å². The number of benzene rings is 10. The summed E-state index contributed by atoms with van der Waals surface area (Å²) in [6.07, 6.45) is 15.8. The number of fused-ring (bicyclic) bond motifs is 9. The fourth-order valence-electron chi connectivity index (χ4n) is 12.5. The van der Waals surface area contributed by atoms with Crippen LogP contribution in [0.5, 0.6) is 0 Å². The number of rotatable bonds is 11. The minimum atomic E-state index is -0.450. The monoisotopic (exact) mass is 972 g/mol. The molecule has 3 heteroatoms. The summed E-state index contributed by atoms with van der Waals surface area (Å²) in [5.74, 6) is 0.184. The molecule has 2 unspecified atom stereocenters. The van der Waals surface area contributed by atoms with E-state index in [1.54, 1.807) is 0 Å². The lowest BCUT2D eigenvalue weighted by molar-refractivity contribution is 0.457. The van der Waals surface area contributed by atoms with Crippen molar-refractivity contribution >= 4 is 79.0 Å². The van der Waals surface area contributed by atoms with E-state index in [9.17, 15) is 0 Å². The third kappa shape index (κ3) is 7.11. The molecule has 0 amide bonds. The summed E-state index contributed by atoms with van der Waals surface area (Å²) in [6, 6.07) is 80.3. The van der Waals surface area contributed by atoms with Crippen LogP contribution in [0.15, 0.2) is 267 Å². The number of hydrogen-bond donors (Lipinski definition) is 0. The molecule has 14 rings (SSSR count). The molecule has 0 N–H and O–H groups in total. The quantitative estimate of drug-likeness (QED) is 0.129. The Morgan fingerprint density at radius 3 is 1.67 bits per heavy atom. The lowest BCUT2D eigenvalue weighted by atomic mass is 9.62. The average molecular weight is 973 g/mol. The Hall–Kier alpha value is -9.70. The number of allylic oxidation sites excluding steroid dienone is 4. The van der Waals surface area contributed by atoms with Crippen molar-refractivity contribution in [2.75, 3.05) is 4.90 Å². The summed E-state index contributed by atoms with van der Waals surface area (Å²) in [6.45, 7) is 12.1. The normalized spacial score (nSPS) is 15.6. The number of furan rings is 1. The van der Waals surface area contributed by atoms with Gasteiger partial charge in [-0.25, -0.2) is 0 Å². The van der Waals surface area contributed by atoms with Crippen molar-refractivity contribution in [3.05, 3.63) is 296 Å². The Morgan fingerprint density at radius 2 is 1.00 bits per heavy atom. The topological polar surface area (TPSA) is 21.3 Å². The molecule has 0 aliphatic heterocycles. The third-order valence-electron chi connectivity index (χ3n) is 16.2. The zero-order valence-electron chi connectivity index (χ0n) is 42.0. The van der Waals surface area contributed by atoms with Gasteiger partial charge in [0.05, 0.1) is 16.4 Å². The van der Waals surface area contributed by atoms with E-state index < -0.39 is 5.41 Å². The van der Waals surface area contributed by atoms with Crippen molar-refractivity contribution < 1.29 is 4.42 Å². The van der Waals surface area contributed by atoms with Crippen molar-refractivity contribution in [3.63, 3.8) is 0 Å². The van der Waals surface area contributed by atoms with Crippen LogP contribution in [0.3, 0.4) is 0 Å². The Balaban J connectivity index is 0.930. The van der Waals surface area contributed by atoms with E-state index in [4.69, 9.17) is 4.42 Å². The molecule has 2 heterocycles. The van der Waals surface area contributed by atoms with Crippen LogP contribution >= 0.6 is 0 Å². The van der Waals surface area contributed by atoms with Crippen LogP contribution < -0.4 is 4.90 Å². The Labute approximate surface area is 443 Å². The number of anilines is 3. The second-order valence-corrected chi connectivity index (χ2v) is 20.1. The van der Waals surface area contributed by atoms with Gasteiger partial charge < -0.3 is 13.9 Å². The van der Waals surface area contributed by atoms with Gasteiger partial charge in [-0.05, 0) is 158 Å². The summed E-state index contributed by atoms with van der Waals surface area (Å²) in [5, 5.41) is 4.60. The molecule has 0 bridgehead atoms. The standard InChI is InChI=1S/C73H52N2O/c1-4-48-20-26-51(27-21-48)53-30-42-69-65(44-53)66-45-54(31-43-70(66)75(69)58-34-24-50(6-3)25-35-58)52-28-36-57(37-29-52)74(60-39-41-64-63-17-11-13-19-71(63)76-72(64)47-60)59-38-40-62-61-16-10-12-18-67(61)73(68(62)46-59,55-14-8-7-9-15-55)56-32-22-49(5-2)23-33-56/h4-14,16-47,55H,1-3,15H2. The van der Waals surface area contributed by atoms with Gasteiger partial charge in [0.2, 0.25) is 0 Å². The first-order chi connectivity index (χ1) is 37.5. The molecule has 2 aromatic heterocycles. The Morgan fingerprint density at radius 1 is 0.447 bits per heavy atom. The average Bonchev–Trinajstić information content (AvgIpc) is 4.13. The molecule has 2 aliphatic rings. The maximum Gasteiger partial charge on any atom is 0.137 e. The van der Waals surface area contributed by atoms with Gasteiger partial charge in [0.1, 0.15) is 11.2 Å². The minimum Gasteiger partial charge on any atom is -0.456 e. The molecule has 0 fully saturated rings. The Bertz CT molecular complexity index is 4350. The van der Waals surface area contributed by atoms with Crippen molar-refractivity contribution in [1.29, 1.82) is 0 Å². The molecular weight excluding hydrogens is 921 g/mol. The summed E-state index contributed by atoms with van der Waals surface area (Å²) in [4.78, 5) is 2.40. The molecule has 0 radical (unpaired) electrons. The molecule has 360 valence electrons. The van der Waals surface area contributed by atoms with Gasteiger partial charge in [-0.2, -0.15) is 0 Å². The van der Waals surface area contributed by atoms with E-state index >= 15 is 0 Å². The summed E-state index contributed by atoms with van der Waals surface area (Å²) >= 11 is 0. The van der Waals surface area contributed by atoms with Gasteiger partial charge in [-0.3, -0.25) is 0 Å². The molecule has 76 heavy (non-hydrogen) atoms. The highest BCUT2D eigenvalue weighted by atomic mass is 16.3.